The lowest BCUT2D eigenvalue weighted by molar-refractivity contribution is 0.0775. The van der Waals surface area contributed by atoms with Gasteiger partial charge in [0.15, 0.2) is 0 Å². The van der Waals surface area contributed by atoms with Crippen LogP contribution in [-0.2, 0) is 4.74 Å². The maximum atomic E-state index is 12.8. The summed E-state index contributed by atoms with van der Waals surface area (Å²) in [6.07, 6.45) is -1.79. The molecular formula is C16H15ClN4O6. The summed E-state index contributed by atoms with van der Waals surface area (Å²) < 4.78 is 20.5. The number of carbonyl (C=O) groups is 2. The van der Waals surface area contributed by atoms with Crippen LogP contribution < -0.4 is 19.9 Å². The first kappa shape index (κ1) is 18.7. The lowest BCUT2D eigenvalue weighted by Crippen LogP contribution is -2.44. The molecule has 142 valence electrons. The highest BCUT2D eigenvalue weighted by Crippen LogP contribution is 2.32. The molecule has 1 unspecified atom stereocenters. The van der Waals surface area contributed by atoms with Gasteiger partial charge in [-0.25, -0.2) is 9.69 Å². The second kappa shape index (κ2) is 7.64. The molecule has 1 fully saturated rings. The highest BCUT2D eigenvalue weighted by molar-refractivity contribution is 6.34. The van der Waals surface area contributed by atoms with Gasteiger partial charge in [-0.15, -0.1) is 0 Å². The van der Waals surface area contributed by atoms with Gasteiger partial charge >= 0.3 is 12.1 Å². The zero-order chi connectivity index (χ0) is 19.6. The summed E-state index contributed by atoms with van der Waals surface area (Å²) in [5.74, 6) is -0.357. The topological polar surface area (TPSA) is 126 Å². The van der Waals surface area contributed by atoms with Crippen molar-refractivity contribution >= 4 is 23.6 Å². The van der Waals surface area contributed by atoms with Crippen molar-refractivity contribution in [3.63, 3.8) is 0 Å². The normalized spacial score (nSPS) is 16.1. The molecular weight excluding hydrogens is 380 g/mol. The molecule has 11 heteroatoms. The maximum Gasteiger partial charge on any atom is 0.418 e. The molecule has 1 aromatic heterocycles. The summed E-state index contributed by atoms with van der Waals surface area (Å²) in [6, 6.07) is 5.82. The number of benzene rings is 1. The van der Waals surface area contributed by atoms with Gasteiger partial charge in [0.2, 0.25) is 11.8 Å². The predicted octanol–water partition coefficient (Wildman–Crippen LogP) is 1.82. The highest BCUT2D eigenvalue weighted by atomic mass is 35.5. The molecule has 1 aromatic carbocycles. The predicted molar refractivity (Wildman–Crippen MR) is 92.2 cm³/mol. The van der Waals surface area contributed by atoms with Crippen LogP contribution in [0.5, 0.6) is 23.5 Å². The van der Waals surface area contributed by atoms with E-state index < -0.39 is 18.2 Å². The Labute approximate surface area is 158 Å². The van der Waals surface area contributed by atoms with Crippen molar-refractivity contribution in [1.29, 1.82) is 0 Å². The summed E-state index contributed by atoms with van der Waals surface area (Å²) in [5, 5.41) is 0.0549. The molecule has 2 N–H and O–H groups in total. The molecule has 27 heavy (non-hydrogen) atoms. The number of hydrogen-bond acceptors (Lipinski definition) is 9. The van der Waals surface area contributed by atoms with E-state index >= 15 is 0 Å². The van der Waals surface area contributed by atoms with Gasteiger partial charge in [-0.1, -0.05) is 17.7 Å². The van der Waals surface area contributed by atoms with E-state index in [0.29, 0.717) is 0 Å². The number of nitrogens with zero attached hydrogens (tertiary/aromatic N) is 3. The zero-order valence-corrected chi connectivity index (χ0v) is 15.1. The van der Waals surface area contributed by atoms with Crippen molar-refractivity contribution in [3.05, 3.63) is 34.9 Å². The first-order valence-electron chi connectivity index (χ1n) is 7.64. The maximum absolute atomic E-state index is 12.8. The minimum Gasteiger partial charge on any atom is -0.481 e. The molecule has 1 atom stereocenters. The first-order valence-corrected chi connectivity index (χ1v) is 8.01. The van der Waals surface area contributed by atoms with Crippen LogP contribution >= 0.6 is 11.6 Å². The molecule has 2 heterocycles. The average molecular weight is 395 g/mol. The van der Waals surface area contributed by atoms with Crippen LogP contribution in [0, 0.1) is 0 Å². The molecule has 0 radical (unpaired) electrons. The van der Waals surface area contributed by atoms with E-state index in [4.69, 9.17) is 36.3 Å². The number of nitrogens with two attached hydrogens (primary N) is 1. The molecule has 2 amide bonds. The molecule has 10 nitrogen and oxygen atoms in total. The fourth-order valence-corrected chi connectivity index (χ4v) is 2.57. The first-order chi connectivity index (χ1) is 12.9. The minimum absolute atomic E-state index is 0.0229. The average Bonchev–Trinajstić information content (AvgIpc) is 2.99. The third-order valence-electron chi connectivity index (χ3n) is 3.59. The summed E-state index contributed by atoms with van der Waals surface area (Å²) in [4.78, 5) is 33.5. The summed E-state index contributed by atoms with van der Waals surface area (Å²) in [7, 11) is 2.83. The van der Waals surface area contributed by atoms with Crippen LogP contribution in [0.15, 0.2) is 24.3 Å². The Bertz CT molecular complexity index is 871. The van der Waals surface area contributed by atoms with Crippen molar-refractivity contribution < 1.29 is 28.5 Å². The van der Waals surface area contributed by atoms with Crippen molar-refractivity contribution in [2.75, 3.05) is 20.8 Å². The monoisotopic (exact) mass is 394 g/mol. The second-order valence-electron chi connectivity index (χ2n) is 5.27. The number of carbonyl (C=O) groups excluding carboxylic acids is 2. The van der Waals surface area contributed by atoms with Gasteiger partial charge in [0.25, 0.3) is 5.91 Å². The Balaban J connectivity index is 1.99. The van der Waals surface area contributed by atoms with E-state index in [-0.39, 0.29) is 40.7 Å². The van der Waals surface area contributed by atoms with E-state index in [1.165, 1.54) is 32.4 Å². The molecule has 0 saturated carbocycles. The quantitative estimate of drug-likeness (QED) is 0.807. The Morgan fingerprint density at radius 3 is 2.52 bits per heavy atom. The number of halogens is 1. The van der Waals surface area contributed by atoms with Crippen molar-refractivity contribution in [1.82, 2.24) is 14.9 Å². The molecule has 2 aromatic rings. The minimum atomic E-state index is -0.928. The van der Waals surface area contributed by atoms with Crippen LogP contribution in [0.3, 0.4) is 0 Å². The van der Waals surface area contributed by atoms with Crippen molar-refractivity contribution in [2.45, 2.75) is 6.17 Å². The van der Waals surface area contributed by atoms with Gasteiger partial charge in [0.05, 0.1) is 25.3 Å². The number of rotatable bonds is 5. The Kier molecular flexibility index (Phi) is 5.28. The number of cyclic esters (lactones) is 1. The summed E-state index contributed by atoms with van der Waals surface area (Å²) >= 11 is 6.17. The molecule has 0 bridgehead atoms. The smallest absolute Gasteiger partial charge is 0.418 e. The summed E-state index contributed by atoms with van der Waals surface area (Å²) in [6.45, 7) is -0.110. The number of ether oxygens (including phenoxy) is 4. The number of aromatic nitrogens is 2. The van der Waals surface area contributed by atoms with E-state index in [2.05, 4.69) is 9.97 Å². The van der Waals surface area contributed by atoms with E-state index in [0.717, 1.165) is 4.90 Å². The van der Waals surface area contributed by atoms with Gasteiger partial charge < -0.3 is 24.7 Å². The number of hydrogen-bond donors (Lipinski definition) is 1. The van der Waals surface area contributed by atoms with E-state index in [1.54, 1.807) is 6.07 Å². The van der Waals surface area contributed by atoms with Crippen molar-refractivity contribution in [2.24, 2.45) is 5.73 Å². The summed E-state index contributed by atoms with van der Waals surface area (Å²) in [5.41, 5.74) is 5.67. The molecule has 1 aliphatic rings. The van der Waals surface area contributed by atoms with E-state index in [1.807, 2.05) is 0 Å². The SMILES string of the molecule is COc1cc(OC)nc(Oc2cccc(Cl)c2C(=O)N2C(=O)OCC2N)n1. The van der Waals surface area contributed by atoms with Crippen LogP contribution in [0.1, 0.15) is 10.4 Å². The van der Waals surface area contributed by atoms with Crippen LogP contribution in [0.25, 0.3) is 0 Å². The Morgan fingerprint density at radius 1 is 1.30 bits per heavy atom. The highest BCUT2D eigenvalue weighted by Gasteiger charge is 2.38. The van der Waals surface area contributed by atoms with Crippen molar-refractivity contribution in [3.8, 4) is 23.5 Å². The Morgan fingerprint density at radius 2 is 1.96 bits per heavy atom. The van der Waals surface area contributed by atoms with E-state index in [9.17, 15) is 9.59 Å². The van der Waals surface area contributed by atoms with Crippen LogP contribution in [0.4, 0.5) is 4.79 Å². The third kappa shape index (κ3) is 3.71. The lowest BCUT2D eigenvalue weighted by atomic mass is 10.1. The largest absolute Gasteiger partial charge is 0.481 e. The molecule has 0 aliphatic carbocycles. The van der Waals surface area contributed by atoms with Gasteiger partial charge in [-0.3, -0.25) is 4.79 Å². The van der Waals surface area contributed by atoms with Gasteiger partial charge in [0, 0.05) is 0 Å². The van der Waals surface area contributed by atoms with Gasteiger partial charge in [0.1, 0.15) is 24.1 Å². The fourth-order valence-electron chi connectivity index (χ4n) is 2.32. The van der Waals surface area contributed by atoms with Gasteiger partial charge in [-0.2, -0.15) is 9.97 Å². The molecule has 0 spiro atoms. The van der Waals surface area contributed by atoms with Crippen LogP contribution in [0.2, 0.25) is 5.02 Å². The number of methoxy groups -OCH3 is 2. The fraction of sp³-hybridized carbons (Fsp3) is 0.250. The van der Waals surface area contributed by atoms with Crippen LogP contribution in [-0.4, -0.2) is 53.9 Å². The number of amides is 2. The van der Waals surface area contributed by atoms with Gasteiger partial charge in [-0.05, 0) is 12.1 Å². The standard InChI is InChI=1S/C16H15ClN4O6/c1-24-11-6-12(25-2)20-15(19-11)27-9-5-3-4-8(17)13(9)14(22)21-10(18)7-26-16(21)23/h3-6,10H,7,18H2,1-2H3. The second-order valence-corrected chi connectivity index (χ2v) is 5.68. The zero-order valence-electron chi connectivity index (χ0n) is 14.3. The molecule has 1 aliphatic heterocycles. The molecule has 1 saturated heterocycles. The third-order valence-corrected chi connectivity index (χ3v) is 3.91. The Hall–Kier alpha value is -3.11. The lowest BCUT2D eigenvalue weighted by Gasteiger charge is -2.18. The molecule has 3 rings (SSSR count). The number of imide groups is 1.